The Kier molecular flexibility index (Phi) is 4.17. The molecule has 1 aromatic heterocycles. The number of carboxylic acid groups (broad SMARTS) is 1. The summed E-state index contributed by atoms with van der Waals surface area (Å²) in [5, 5.41) is 8.76. The normalized spacial score (nSPS) is 19.1. The van der Waals surface area contributed by atoms with Crippen LogP contribution in [-0.4, -0.2) is 53.6 Å². The molecule has 0 atom stereocenters. The summed E-state index contributed by atoms with van der Waals surface area (Å²) >= 11 is 0. The Morgan fingerprint density at radius 1 is 1.29 bits per heavy atom. The lowest BCUT2D eigenvalue weighted by molar-refractivity contribution is -0.138. The van der Waals surface area contributed by atoms with Gasteiger partial charge in [-0.3, -0.25) is 14.6 Å². The van der Waals surface area contributed by atoms with Gasteiger partial charge >= 0.3 is 5.97 Å². The highest BCUT2D eigenvalue weighted by atomic mass is 16.4. The second kappa shape index (κ2) is 5.84. The molecule has 0 aliphatic carbocycles. The first-order chi connectivity index (χ1) is 8.24. The first-order valence-corrected chi connectivity index (χ1v) is 5.93. The molecule has 17 heavy (non-hydrogen) atoms. The van der Waals surface area contributed by atoms with E-state index in [2.05, 4.69) is 4.90 Å². The average Bonchev–Trinajstić information content (AvgIpc) is 2.68. The standard InChI is InChI=1S/C12H18N2O3/c15-12(16)10-14-5-2-4-13(6-7-14)9-11-3-1-8-17-11/h1,3,8H,2,4-7,9-10H2,(H,15,16). The molecule has 1 saturated heterocycles. The maximum atomic E-state index is 10.6. The molecule has 2 rings (SSSR count). The Balaban J connectivity index is 1.81. The van der Waals surface area contributed by atoms with Gasteiger partial charge in [0.1, 0.15) is 5.76 Å². The monoisotopic (exact) mass is 238 g/mol. The van der Waals surface area contributed by atoms with Gasteiger partial charge in [-0.1, -0.05) is 0 Å². The molecule has 0 saturated carbocycles. The first-order valence-electron chi connectivity index (χ1n) is 5.93. The predicted molar refractivity (Wildman–Crippen MR) is 62.7 cm³/mol. The zero-order chi connectivity index (χ0) is 12.1. The number of rotatable bonds is 4. The van der Waals surface area contributed by atoms with Gasteiger partial charge in [0.25, 0.3) is 0 Å². The zero-order valence-corrected chi connectivity index (χ0v) is 9.84. The Morgan fingerprint density at radius 3 is 2.76 bits per heavy atom. The number of hydrogen-bond acceptors (Lipinski definition) is 4. The van der Waals surface area contributed by atoms with E-state index in [1.807, 2.05) is 17.0 Å². The first kappa shape index (κ1) is 12.1. The molecule has 5 nitrogen and oxygen atoms in total. The van der Waals surface area contributed by atoms with E-state index in [9.17, 15) is 4.79 Å². The van der Waals surface area contributed by atoms with Crippen molar-refractivity contribution in [3.63, 3.8) is 0 Å². The van der Waals surface area contributed by atoms with Gasteiger partial charge in [0.05, 0.1) is 19.4 Å². The van der Waals surface area contributed by atoms with Crippen molar-refractivity contribution in [2.45, 2.75) is 13.0 Å². The lowest BCUT2D eigenvalue weighted by Gasteiger charge is -2.19. The average molecular weight is 238 g/mol. The molecule has 1 aliphatic heterocycles. The molecular formula is C12H18N2O3. The largest absolute Gasteiger partial charge is 0.480 e. The number of nitrogens with zero attached hydrogens (tertiary/aromatic N) is 2. The summed E-state index contributed by atoms with van der Waals surface area (Å²) < 4.78 is 5.32. The summed E-state index contributed by atoms with van der Waals surface area (Å²) in [5.41, 5.74) is 0. The third-order valence-electron chi connectivity index (χ3n) is 3.00. The van der Waals surface area contributed by atoms with Crippen LogP contribution in [0, 0.1) is 0 Å². The van der Waals surface area contributed by atoms with Crippen molar-refractivity contribution in [2.24, 2.45) is 0 Å². The van der Waals surface area contributed by atoms with Crippen LogP contribution in [0.3, 0.4) is 0 Å². The fraction of sp³-hybridized carbons (Fsp3) is 0.583. The number of carboxylic acids is 1. The molecule has 2 heterocycles. The van der Waals surface area contributed by atoms with Crippen LogP contribution in [0.2, 0.25) is 0 Å². The highest BCUT2D eigenvalue weighted by molar-refractivity contribution is 5.69. The third kappa shape index (κ3) is 3.87. The SMILES string of the molecule is O=C(O)CN1CCCN(Cc2ccco2)CC1. The number of furan rings is 1. The van der Waals surface area contributed by atoms with Gasteiger partial charge in [0.15, 0.2) is 0 Å². The van der Waals surface area contributed by atoms with Crippen molar-refractivity contribution in [3.8, 4) is 0 Å². The van der Waals surface area contributed by atoms with Crippen molar-refractivity contribution >= 4 is 5.97 Å². The highest BCUT2D eigenvalue weighted by Gasteiger charge is 2.17. The predicted octanol–water partition coefficient (Wildman–Crippen LogP) is 0.872. The second-order valence-electron chi connectivity index (χ2n) is 4.38. The van der Waals surface area contributed by atoms with E-state index in [-0.39, 0.29) is 6.54 Å². The van der Waals surface area contributed by atoms with Crippen LogP contribution in [0.5, 0.6) is 0 Å². The van der Waals surface area contributed by atoms with Gasteiger partial charge in [0.2, 0.25) is 0 Å². The third-order valence-corrected chi connectivity index (χ3v) is 3.00. The minimum Gasteiger partial charge on any atom is -0.480 e. The molecule has 0 amide bonds. The molecular weight excluding hydrogens is 220 g/mol. The minimum absolute atomic E-state index is 0.147. The van der Waals surface area contributed by atoms with Crippen LogP contribution in [0.15, 0.2) is 22.8 Å². The van der Waals surface area contributed by atoms with Crippen molar-refractivity contribution < 1.29 is 14.3 Å². The van der Waals surface area contributed by atoms with Gasteiger partial charge < -0.3 is 9.52 Å². The van der Waals surface area contributed by atoms with E-state index in [1.165, 1.54) is 0 Å². The molecule has 1 aliphatic rings. The fourth-order valence-corrected chi connectivity index (χ4v) is 2.15. The van der Waals surface area contributed by atoms with Gasteiger partial charge in [-0.2, -0.15) is 0 Å². The Hall–Kier alpha value is -1.33. The lowest BCUT2D eigenvalue weighted by atomic mass is 10.3. The van der Waals surface area contributed by atoms with Gasteiger partial charge in [0, 0.05) is 19.6 Å². The van der Waals surface area contributed by atoms with Gasteiger partial charge in [-0.25, -0.2) is 0 Å². The molecule has 1 fully saturated rings. The molecule has 0 aromatic carbocycles. The molecule has 94 valence electrons. The maximum Gasteiger partial charge on any atom is 0.317 e. The highest BCUT2D eigenvalue weighted by Crippen LogP contribution is 2.09. The fourth-order valence-electron chi connectivity index (χ4n) is 2.15. The zero-order valence-electron chi connectivity index (χ0n) is 9.84. The van der Waals surface area contributed by atoms with Crippen LogP contribution < -0.4 is 0 Å². The summed E-state index contributed by atoms with van der Waals surface area (Å²) in [6, 6.07) is 3.86. The van der Waals surface area contributed by atoms with Crippen LogP contribution in [-0.2, 0) is 11.3 Å². The molecule has 1 N–H and O–H groups in total. The summed E-state index contributed by atoms with van der Waals surface area (Å²) in [4.78, 5) is 14.9. The molecule has 0 spiro atoms. The number of aliphatic carboxylic acids is 1. The van der Waals surface area contributed by atoms with Crippen LogP contribution in [0.1, 0.15) is 12.2 Å². The second-order valence-corrected chi connectivity index (χ2v) is 4.38. The molecule has 0 unspecified atom stereocenters. The van der Waals surface area contributed by atoms with Gasteiger partial charge in [-0.15, -0.1) is 0 Å². The van der Waals surface area contributed by atoms with Crippen molar-refractivity contribution in [3.05, 3.63) is 24.2 Å². The molecule has 1 aromatic rings. The van der Waals surface area contributed by atoms with Crippen molar-refractivity contribution in [2.75, 3.05) is 32.7 Å². The van der Waals surface area contributed by atoms with E-state index in [0.29, 0.717) is 0 Å². The Labute approximate surface area is 101 Å². The van der Waals surface area contributed by atoms with E-state index in [0.717, 1.165) is 44.9 Å². The number of hydrogen-bond donors (Lipinski definition) is 1. The number of carbonyl (C=O) groups is 1. The van der Waals surface area contributed by atoms with Crippen molar-refractivity contribution in [1.29, 1.82) is 0 Å². The van der Waals surface area contributed by atoms with E-state index in [4.69, 9.17) is 9.52 Å². The van der Waals surface area contributed by atoms with Crippen LogP contribution in [0.4, 0.5) is 0 Å². The minimum atomic E-state index is -0.746. The molecule has 0 bridgehead atoms. The van der Waals surface area contributed by atoms with Gasteiger partial charge in [-0.05, 0) is 25.1 Å². The van der Waals surface area contributed by atoms with Crippen molar-refractivity contribution in [1.82, 2.24) is 9.80 Å². The topological polar surface area (TPSA) is 56.9 Å². The quantitative estimate of drug-likeness (QED) is 0.843. The maximum absolute atomic E-state index is 10.6. The van der Waals surface area contributed by atoms with Crippen LogP contribution >= 0.6 is 0 Å². The Bertz CT molecular complexity index is 351. The van der Waals surface area contributed by atoms with Crippen LogP contribution in [0.25, 0.3) is 0 Å². The summed E-state index contributed by atoms with van der Waals surface area (Å²) in [7, 11) is 0. The Morgan fingerprint density at radius 2 is 2.06 bits per heavy atom. The smallest absolute Gasteiger partial charge is 0.317 e. The summed E-state index contributed by atoms with van der Waals surface area (Å²) in [6.07, 6.45) is 2.69. The van der Waals surface area contributed by atoms with E-state index >= 15 is 0 Å². The lowest BCUT2D eigenvalue weighted by Crippen LogP contribution is -2.33. The molecule has 0 radical (unpaired) electrons. The van der Waals surface area contributed by atoms with E-state index in [1.54, 1.807) is 6.26 Å². The summed E-state index contributed by atoms with van der Waals surface area (Å²) in [6.45, 7) is 4.53. The molecule has 5 heteroatoms. The summed E-state index contributed by atoms with van der Waals surface area (Å²) in [5.74, 6) is 0.223. The van der Waals surface area contributed by atoms with E-state index < -0.39 is 5.97 Å².